The highest BCUT2D eigenvalue weighted by atomic mass is 16.7. The maximum absolute atomic E-state index is 6.66. The van der Waals surface area contributed by atoms with Crippen LogP contribution in [0.1, 0.15) is 143 Å². The van der Waals surface area contributed by atoms with Crippen molar-refractivity contribution in [3.8, 4) is 22.3 Å². The monoisotopic (exact) mass is 760 g/mol. The van der Waals surface area contributed by atoms with Gasteiger partial charge in [0.25, 0.3) is 0 Å². The molecular formula is C53H66BNO2. The van der Waals surface area contributed by atoms with Gasteiger partial charge in [-0.15, -0.1) is 0 Å². The third-order valence-electron chi connectivity index (χ3n) is 13.3. The lowest BCUT2D eigenvalue weighted by atomic mass is 9.68. The highest BCUT2D eigenvalue weighted by molar-refractivity contribution is 6.62. The van der Waals surface area contributed by atoms with Crippen LogP contribution in [0.25, 0.3) is 22.3 Å². The first-order valence-corrected chi connectivity index (χ1v) is 22.3. The standard InChI is InChI=1S/C53H66BNO2/c1-7-9-11-13-15-23-37-53(38-24-16-14-12-10-8-2)49-39-42(31-35-47(49)48-36-32-43(40-50(48)53)54-56-51(3,4)52(5,6)57-54)41-29-33-46(34-30-41)55(44-25-19-17-20-26-44)45-27-21-18-22-28-45/h17-22,25-36,39-40H,7-16,23-24,37-38H2,1-6H3. The molecule has 3 nitrogen and oxygen atoms in total. The third-order valence-corrected chi connectivity index (χ3v) is 13.3. The molecule has 0 unspecified atom stereocenters. The van der Waals surface area contributed by atoms with E-state index in [1.54, 1.807) is 0 Å². The van der Waals surface area contributed by atoms with E-state index in [-0.39, 0.29) is 23.7 Å². The van der Waals surface area contributed by atoms with Gasteiger partial charge in [-0.2, -0.15) is 0 Å². The van der Waals surface area contributed by atoms with E-state index in [0.717, 1.165) is 22.5 Å². The Labute approximate surface area is 345 Å². The number of hydrogen-bond acceptors (Lipinski definition) is 3. The Kier molecular flexibility index (Phi) is 13.1. The van der Waals surface area contributed by atoms with Crippen molar-refractivity contribution < 1.29 is 9.31 Å². The normalized spacial score (nSPS) is 16.1. The fourth-order valence-electron chi connectivity index (χ4n) is 9.30. The summed E-state index contributed by atoms with van der Waals surface area (Å²) in [6.45, 7) is 13.3. The first kappa shape index (κ1) is 41.1. The van der Waals surface area contributed by atoms with E-state index in [2.05, 4.69) is 168 Å². The van der Waals surface area contributed by atoms with Gasteiger partial charge in [-0.1, -0.05) is 170 Å². The van der Waals surface area contributed by atoms with E-state index in [4.69, 9.17) is 9.31 Å². The number of benzene rings is 5. The highest BCUT2D eigenvalue weighted by Gasteiger charge is 2.52. The summed E-state index contributed by atoms with van der Waals surface area (Å²) in [4.78, 5) is 2.34. The minimum absolute atomic E-state index is 0.0484. The second-order valence-corrected chi connectivity index (χ2v) is 17.8. The number of para-hydroxylation sites is 2. The lowest BCUT2D eigenvalue weighted by molar-refractivity contribution is 0.00578. The summed E-state index contributed by atoms with van der Waals surface area (Å²) in [5.41, 5.74) is 12.2. The van der Waals surface area contributed by atoms with Gasteiger partial charge in [0.2, 0.25) is 0 Å². The largest absolute Gasteiger partial charge is 0.494 e. The summed E-state index contributed by atoms with van der Waals surface area (Å²) >= 11 is 0. The molecule has 1 aliphatic heterocycles. The number of nitrogens with zero attached hydrogens (tertiary/aromatic N) is 1. The van der Waals surface area contributed by atoms with E-state index in [1.165, 1.54) is 123 Å². The average Bonchev–Trinajstić information content (AvgIpc) is 3.62. The molecule has 7 rings (SSSR count). The third kappa shape index (κ3) is 8.84. The number of unbranched alkanes of at least 4 members (excludes halogenated alkanes) is 10. The van der Waals surface area contributed by atoms with Gasteiger partial charge in [-0.05, 0) is 122 Å². The van der Waals surface area contributed by atoms with Gasteiger partial charge in [0, 0.05) is 22.5 Å². The Bertz CT molecular complexity index is 1970. The van der Waals surface area contributed by atoms with Crippen molar-refractivity contribution in [3.63, 3.8) is 0 Å². The molecule has 0 amide bonds. The zero-order valence-corrected chi connectivity index (χ0v) is 35.8. The molecular weight excluding hydrogens is 693 g/mol. The van der Waals surface area contributed by atoms with E-state index in [9.17, 15) is 0 Å². The van der Waals surface area contributed by atoms with Crippen molar-refractivity contribution in [2.45, 2.75) is 148 Å². The average molecular weight is 760 g/mol. The Balaban J connectivity index is 1.27. The number of anilines is 3. The Hall–Kier alpha value is -4.12. The number of hydrogen-bond donors (Lipinski definition) is 0. The van der Waals surface area contributed by atoms with Crippen molar-refractivity contribution in [2.24, 2.45) is 0 Å². The Morgan fingerprint density at radius 3 is 1.42 bits per heavy atom. The predicted octanol–water partition coefficient (Wildman–Crippen LogP) is 14.9. The van der Waals surface area contributed by atoms with Crippen molar-refractivity contribution in [1.82, 2.24) is 0 Å². The van der Waals surface area contributed by atoms with Crippen LogP contribution in [-0.4, -0.2) is 18.3 Å². The van der Waals surface area contributed by atoms with Crippen LogP contribution in [0.15, 0.2) is 121 Å². The van der Waals surface area contributed by atoms with Crippen molar-refractivity contribution >= 4 is 29.6 Å². The van der Waals surface area contributed by atoms with E-state index < -0.39 is 0 Å². The minimum Gasteiger partial charge on any atom is -0.399 e. The van der Waals surface area contributed by atoms with Gasteiger partial charge in [-0.25, -0.2) is 0 Å². The molecule has 1 heterocycles. The molecule has 1 saturated heterocycles. The predicted molar refractivity (Wildman–Crippen MR) is 244 cm³/mol. The van der Waals surface area contributed by atoms with Crippen LogP contribution in [0.3, 0.4) is 0 Å². The summed E-state index contributed by atoms with van der Waals surface area (Å²) in [5.74, 6) is 0. The molecule has 2 aliphatic rings. The van der Waals surface area contributed by atoms with Crippen LogP contribution in [0.5, 0.6) is 0 Å². The molecule has 0 spiro atoms. The Morgan fingerprint density at radius 1 is 0.456 bits per heavy atom. The van der Waals surface area contributed by atoms with Crippen LogP contribution in [-0.2, 0) is 14.7 Å². The number of rotatable bonds is 19. The van der Waals surface area contributed by atoms with E-state index in [0.29, 0.717) is 0 Å². The van der Waals surface area contributed by atoms with Gasteiger partial charge < -0.3 is 14.2 Å². The van der Waals surface area contributed by atoms with Crippen LogP contribution in [0, 0.1) is 0 Å². The quantitative estimate of drug-likeness (QED) is 0.0618. The summed E-state index contributed by atoms with van der Waals surface area (Å²) in [5, 5.41) is 0. The molecule has 0 radical (unpaired) electrons. The fraction of sp³-hybridized carbons (Fsp3) is 0.434. The molecule has 1 aliphatic carbocycles. The maximum Gasteiger partial charge on any atom is 0.494 e. The lowest BCUT2D eigenvalue weighted by Crippen LogP contribution is -2.41. The van der Waals surface area contributed by atoms with Crippen LogP contribution in [0.2, 0.25) is 0 Å². The van der Waals surface area contributed by atoms with Gasteiger partial charge >= 0.3 is 7.12 Å². The zero-order valence-electron chi connectivity index (χ0n) is 35.8. The maximum atomic E-state index is 6.66. The van der Waals surface area contributed by atoms with Gasteiger partial charge in [0.15, 0.2) is 0 Å². The number of fused-ring (bicyclic) bond motifs is 3. The van der Waals surface area contributed by atoms with Crippen molar-refractivity contribution in [1.29, 1.82) is 0 Å². The zero-order chi connectivity index (χ0) is 39.9. The molecule has 0 aromatic heterocycles. The van der Waals surface area contributed by atoms with E-state index >= 15 is 0 Å². The smallest absolute Gasteiger partial charge is 0.399 e. The molecule has 0 bridgehead atoms. The first-order valence-electron chi connectivity index (χ1n) is 22.3. The Morgan fingerprint density at radius 2 is 0.895 bits per heavy atom. The van der Waals surface area contributed by atoms with Gasteiger partial charge in [-0.3, -0.25) is 0 Å². The lowest BCUT2D eigenvalue weighted by Gasteiger charge is -2.33. The fourth-order valence-corrected chi connectivity index (χ4v) is 9.30. The topological polar surface area (TPSA) is 21.7 Å². The summed E-state index contributed by atoms with van der Waals surface area (Å²) in [7, 11) is -0.370. The molecule has 0 N–H and O–H groups in total. The molecule has 0 atom stereocenters. The van der Waals surface area contributed by atoms with Crippen LogP contribution >= 0.6 is 0 Å². The van der Waals surface area contributed by atoms with Crippen LogP contribution in [0.4, 0.5) is 17.1 Å². The van der Waals surface area contributed by atoms with E-state index in [1.807, 2.05) is 0 Å². The van der Waals surface area contributed by atoms with Gasteiger partial charge in [0.05, 0.1) is 11.2 Å². The van der Waals surface area contributed by atoms with Crippen molar-refractivity contribution in [2.75, 3.05) is 4.90 Å². The summed E-state index contributed by atoms with van der Waals surface area (Å²) in [6.07, 6.45) is 18.0. The summed E-state index contributed by atoms with van der Waals surface area (Å²) < 4.78 is 13.3. The minimum atomic E-state index is -0.378. The second kappa shape index (κ2) is 18.2. The van der Waals surface area contributed by atoms with Crippen molar-refractivity contribution in [3.05, 3.63) is 132 Å². The molecule has 0 saturated carbocycles. The molecule has 57 heavy (non-hydrogen) atoms. The molecule has 4 heteroatoms. The molecule has 1 fully saturated rings. The second-order valence-electron chi connectivity index (χ2n) is 17.8. The summed E-state index contributed by atoms with van der Waals surface area (Å²) in [6, 6.07) is 45.1. The molecule has 5 aromatic carbocycles. The molecule has 5 aromatic rings. The highest BCUT2D eigenvalue weighted by Crippen LogP contribution is 2.55. The van der Waals surface area contributed by atoms with Gasteiger partial charge in [0.1, 0.15) is 0 Å². The first-order chi connectivity index (χ1) is 27.7. The SMILES string of the molecule is CCCCCCCCC1(CCCCCCCC)c2cc(B3OC(C)(C)C(C)(C)O3)ccc2-c2ccc(-c3ccc(N(c4ccccc4)c4ccccc4)cc3)cc21. The molecule has 298 valence electrons. The van der Waals surface area contributed by atoms with Crippen LogP contribution < -0.4 is 10.4 Å².